The Kier molecular flexibility index (Phi) is 4.73. The number of aromatic nitrogens is 2. The van der Waals surface area contributed by atoms with Crippen LogP contribution < -0.4 is 15.5 Å². The average molecular weight is 351 g/mol. The Morgan fingerprint density at radius 2 is 1.73 bits per heavy atom. The van der Waals surface area contributed by atoms with Crippen LogP contribution in [0.5, 0.6) is 0 Å². The van der Waals surface area contributed by atoms with Gasteiger partial charge in [-0.05, 0) is 56.9 Å². The molecule has 1 aromatic heterocycles. The number of hydrogen-bond donors (Lipinski definition) is 2. The molecule has 0 radical (unpaired) electrons. The van der Waals surface area contributed by atoms with Crippen molar-refractivity contribution < 1.29 is 4.79 Å². The van der Waals surface area contributed by atoms with E-state index in [1.165, 1.54) is 19.3 Å². The van der Waals surface area contributed by atoms with Crippen molar-refractivity contribution in [1.29, 1.82) is 0 Å². The number of anilines is 4. The van der Waals surface area contributed by atoms with Crippen LogP contribution in [0.3, 0.4) is 0 Å². The summed E-state index contributed by atoms with van der Waals surface area (Å²) in [7, 11) is 0. The van der Waals surface area contributed by atoms with Crippen molar-refractivity contribution in [2.24, 2.45) is 5.92 Å². The molecule has 2 heterocycles. The number of benzene rings is 1. The number of rotatable bonds is 5. The molecule has 1 aromatic carbocycles. The van der Waals surface area contributed by atoms with Gasteiger partial charge in [0.25, 0.3) is 0 Å². The summed E-state index contributed by atoms with van der Waals surface area (Å²) in [6, 6.07) is 9.78. The van der Waals surface area contributed by atoms with Gasteiger partial charge in [-0.1, -0.05) is 6.42 Å². The van der Waals surface area contributed by atoms with E-state index in [1.807, 2.05) is 37.3 Å². The fourth-order valence-corrected chi connectivity index (χ4v) is 3.42. The van der Waals surface area contributed by atoms with Crippen molar-refractivity contribution >= 4 is 28.9 Å². The maximum absolute atomic E-state index is 12.0. The highest BCUT2D eigenvalue weighted by Gasteiger charge is 2.25. The number of carbonyl (C=O) groups excluding carboxylic acids is 1. The Bertz CT molecular complexity index is 779. The summed E-state index contributed by atoms with van der Waals surface area (Å²) in [5.41, 5.74) is 1.78. The molecule has 26 heavy (non-hydrogen) atoms. The highest BCUT2D eigenvalue weighted by atomic mass is 16.1. The molecule has 6 heteroatoms. The van der Waals surface area contributed by atoms with E-state index in [-0.39, 0.29) is 11.8 Å². The third-order valence-corrected chi connectivity index (χ3v) is 5.16. The van der Waals surface area contributed by atoms with Crippen molar-refractivity contribution in [3.63, 3.8) is 0 Å². The lowest BCUT2D eigenvalue weighted by atomic mass is 9.85. The Hall–Kier alpha value is -2.63. The molecule has 1 aliphatic carbocycles. The zero-order valence-electron chi connectivity index (χ0n) is 15.2. The van der Waals surface area contributed by atoms with Crippen molar-refractivity contribution in [2.45, 2.75) is 39.0 Å². The first-order chi connectivity index (χ1) is 12.7. The number of nitrogens with one attached hydrogen (secondary N) is 2. The third-order valence-electron chi connectivity index (χ3n) is 5.16. The molecule has 2 aromatic rings. The molecule has 4 rings (SSSR count). The SMILES string of the molecule is Cc1nc(Nc2ccc(NC(=O)C3CCC3)cc2)cc(N2CCCC2)n1. The fraction of sp³-hybridized carbons (Fsp3) is 0.450. The van der Waals surface area contributed by atoms with Gasteiger partial charge in [0.05, 0.1) is 0 Å². The molecule has 136 valence electrons. The van der Waals surface area contributed by atoms with E-state index in [2.05, 4.69) is 25.5 Å². The Balaban J connectivity index is 1.42. The van der Waals surface area contributed by atoms with Crippen LogP contribution in [0.1, 0.15) is 37.9 Å². The summed E-state index contributed by atoms with van der Waals surface area (Å²) in [6.07, 6.45) is 5.63. The van der Waals surface area contributed by atoms with Gasteiger partial charge in [0.1, 0.15) is 17.5 Å². The summed E-state index contributed by atoms with van der Waals surface area (Å²) in [5.74, 6) is 2.88. The lowest BCUT2D eigenvalue weighted by Crippen LogP contribution is -2.27. The molecule has 0 bridgehead atoms. The van der Waals surface area contributed by atoms with Gasteiger partial charge in [0.2, 0.25) is 5.91 Å². The fourth-order valence-electron chi connectivity index (χ4n) is 3.42. The first-order valence-corrected chi connectivity index (χ1v) is 9.46. The molecular weight excluding hydrogens is 326 g/mol. The van der Waals surface area contributed by atoms with Crippen LogP contribution in [-0.2, 0) is 4.79 Å². The van der Waals surface area contributed by atoms with Crippen LogP contribution in [0, 0.1) is 12.8 Å². The van der Waals surface area contributed by atoms with E-state index in [0.717, 1.165) is 54.8 Å². The van der Waals surface area contributed by atoms with Crippen LogP contribution in [0.15, 0.2) is 30.3 Å². The van der Waals surface area contributed by atoms with Crippen LogP contribution >= 0.6 is 0 Å². The number of nitrogens with zero attached hydrogens (tertiary/aromatic N) is 3. The van der Waals surface area contributed by atoms with E-state index in [9.17, 15) is 4.79 Å². The van der Waals surface area contributed by atoms with E-state index in [4.69, 9.17) is 0 Å². The van der Waals surface area contributed by atoms with Crippen LogP contribution in [-0.4, -0.2) is 29.0 Å². The van der Waals surface area contributed by atoms with Crippen molar-refractivity contribution in [3.05, 3.63) is 36.2 Å². The van der Waals surface area contributed by atoms with Gasteiger partial charge >= 0.3 is 0 Å². The lowest BCUT2D eigenvalue weighted by Gasteiger charge is -2.24. The maximum Gasteiger partial charge on any atom is 0.227 e. The number of aryl methyl sites for hydroxylation is 1. The molecule has 2 fully saturated rings. The van der Waals surface area contributed by atoms with Crippen molar-refractivity contribution in [2.75, 3.05) is 28.6 Å². The second-order valence-corrected chi connectivity index (χ2v) is 7.17. The second kappa shape index (κ2) is 7.32. The molecular formula is C20H25N5O. The maximum atomic E-state index is 12.0. The molecule has 0 unspecified atom stereocenters. The number of carbonyl (C=O) groups is 1. The van der Waals surface area contributed by atoms with Crippen molar-refractivity contribution in [1.82, 2.24) is 9.97 Å². The molecule has 1 saturated heterocycles. The van der Waals surface area contributed by atoms with Gasteiger partial charge in [-0.25, -0.2) is 9.97 Å². The van der Waals surface area contributed by atoms with E-state index >= 15 is 0 Å². The summed E-state index contributed by atoms with van der Waals surface area (Å²) in [5, 5.41) is 6.34. The van der Waals surface area contributed by atoms with E-state index < -0.39 is 0 Å². The van der Waals surface area contributed by atoms with Gasteiger partial charge in [-0.3, -0.25) is 4.79 Å². The van der Waals surface area contributed by atoms with Crippen LogP contribution in [0.4, 0.5) is 23.0 Å². The van der Waals surface area contributed by atoms with Gasteiger partial charge < -0.3 is 15.5 Å². The smallest absolute Gasteiger partial charge is 0.227 e. The first kappa shape index (κ1) is 16.8. The van der Waals surface area contributed by atoms with Gasteiger partial charge in [0.15, 0.2) is 0 Å². The first-order valence-electron chi connectivity index (χ1n) is 9.46. The Morgan fingerprint density at radius 3 is 2.38 bits per heavy atom. The predicted molar refractivity (Wildman–Crippen MR) is 104 cm³/mol. The highest BCUT2D eigenvalue weighted by Crippen LogP contribution is 2.28. The minimum atomic E-state index is 0.138. The van der Waals surface area contributed by atoms with Crippen molar-refractivity contribution in [3.8, 4) is 0 Å². The minimum absolute atomic E-state index is 0.138. The summed E-state index contributed by atoms with van der Waals surface area (Å²) in [6.45, 7) is 4.04. The standard InChI is InChI=1S/C20H25N5O/c1-14-21-18(13-19(22-14)25-11-2-3-12-25)23-16-7-9-17(10-8-16)24-20(26)15-5-4-6-15/h7-10,13,15H,2-6,11-12H2,1H3,(H,24,26)(H,21,22,23). The lowest BCUT2D eigenvalue weighted by molar-refractivity contribution is -0.122. The molecule has 6 nitrogen and oxygen atoms in total. The summed E-state index contributed by atoms with van der Waals surface area (Å²) in [4.78, 5) is 23.4. The zero-order valence-corrected chi connectivity index (χ0v) is 15.2. The largest absolute Gasteiger partial charge is 0.356 e. The molecule has 2 N–H and O–H groups in total. The molecule has 1 saturated carbocycles. The number of hydrogen-bond acceptors (Lipinski definition) is 5. The molecule has 0 atom stereocenters. The Labute approximate surface area is 154 Å². The average Bonchev–Trinajstić information content (AvgIpc) is 3.09. The second-order valence-electron chi connectivity index (χ2n) is 7.17. The molecule has 2 aliphatic rings. The molecule has 1 amide bonds. The van der Waals surface area contributed by atoms with E-state index in [0.29, 0.717) is 0 Å². The molecule has 1 aliphatic heterocycles. The van der Waals surface area contributed by atoms with E-state index in [1.54, 1.807) is 0 Å². The quantitative estimate of drug-likeness (QED) is 0.856. The topological polar surface area (TPSA) is 70.2 Å². The van der Waals surface area contributed by atoms with Gasteiger partial charge in [0, 0.05) is 36.4 Å². The van der Waals surface area contributed by atoms with Crippen LogP contribution in [0.25, 0.3) is 0 Å². The van der Waals surface area contributed by atoms with Crippen LogP contribution in [0.2, 0.25) is 0 Å². The highest BCUT2D eigenvalue weighted by molar-refractivity contribution is 5.93. The predicted octanol–water partition coefficient (Wildman–Crippen LogP) is 3.87. The number of amides is 1. The monoisotopic (exact) mass is 351 g/mol. The summed E-state index contributed by atoms with van der Waals surface area (Å²) < 4.78 is 0. The zero-order chi connectivity index (χ0) is 17.9. The molecule has 0 spiro atoms. The normalized spacial score (nSPS) is 17.0. The van der Waals surface area contributed by atoms with Gasteiger partial charge in [-0.15, -0.1) is 0 Å². The Morgan fingerprint density at radius 1 is 1.04 bits per heavy atom. The summed E-state index contributed by atoms with van der Waals surface area (Å²) >= 11 is 0. The third kappa shape index (κ3) is 3.79. The van der Waals surface area contributed by atoms with Gasteiger partial charge in [-0.2, -0.15) is 0 Å². The minimum Gasteiger partial charge on any atom is -0.356 e.